The number of thiophene rings is 1. The summed E-state index contributed by atoms with van der Waals surface area (Å²) in [6, 6.07) is 12.6. The maximum atomic E-state index is 12.4. The number of carbonyl (C=O) groups excluding carboxylic acids is 2. The second kappa shape index (κ2) is 8.20. The summed E-state index contributed by atoms with van der Waals surface area (Å²) in [6.07, 6.45) is 0.00434. The number of rotatable bonds is 6. The first-order chi connectivity index (χ1) is 13.3. The molecule has 2 aromatic carbocycles. The van der Waals surface area contributed by atoms with Crippen LogP contribution in [0.4, 0.5) is 10.7 Å². The Balaban J connectivity index is 1.80. The van der Waals surface area contributed by atoms with Crippen molar-refractivity contribution in [3.8, 4) is 11.1 Å². The third kappa shape index (κ3) is 4.36. The number of benzene rings is 2. The molecule has 1 heterocycles. The van der Waals surface area contributed by atoms with Gasteiger partial charge >= 0.3 is 0 Å². The minimum Gasteiger partial charge on any atom is -0.365 e. The Morgan fingerprint density at radius 1 is 1.11 bits per heavy atom. The van der Waals surface area contributed by atoms with Gasteiger partial charge in [-0.15, -0.1) is 11.3 Å². The molecule has 7 nitrogen and oxygen atoms in total. The number of primary amides is 1. The van der Waals surface area contributed by atoms with Crippen LogP contribution in [0.25, 0.3) is 11.1 Å². The normalized spacial score (nSPS) is 10.5. The maximum Gasteiger partial charge on any atom is 0.269 e. The predicted octanol–water partition coefficient (Wildman–Crippen LogP) is 4.26. The molecule has 9 heteroatoms. The summed E-state index contributed by atoms with van der Waals surface area (Å²) in [4.78, 5) is 34.5. The van der Waals surface area contributed by atoms with Gasteiger partial charge in [0.25, 0.3) is 11.6 Å². The van der Waals surface area contributed by atoms with E-state index in [9.17, 15) is 19.7 Å². The average Bonchev–Trinajstić information content (AvgIpc) is 3.06. The lowest BCUT2D eigenvalue weighted by molar-refractivity contribution is -0.384. The molecule has 3 N–H and O–H groups in total. The van der Waals surface area contributed by atoms with E-state index in [4.69, 9.17) is 17.3 Å². The molecule has 0 radical (unpaired) electrons. The second-order valence-corrected chi connectivity index (χ2v) is 7.19. The molecule has 0 atom stereocenters. The molecule has 0 aliphatic heterocycles. The lowest BCUT2D eigenvalue weighted by atomic mass is 10.0. The van der Waals surface area contributed by atoms with Crippen LogP contribution in [0, 0.1) is 10.1 Å². The van der Waals surface area contributed by atoms with Crippen LogP contribution in [0.1, 0.15) is 15.9 Å². The molecule has 2 amide bonds. The Morgan fingerprint density at radius 2 is 1.75 bits per heavy atom. The highest BCUT2D eigenvalue weighted by Crippen LogP contribution is 2.35. The van der Waals surface area contributed by atoms with Gasteiger partial charge in [0.1, 0.15) is 5.00 Å². The molecule has 0 aliphatic carbocycles. The van der Waals surface area contributed by atoms with Crippen LogP contribution >= 0.6 is 22.9 Å². The Hall–Kier alpha value is -3.23. The van der Waals surface area contributed by atoms with Gasteiger partial charge in [-0.2, -0.15) is 0 Å². The lowest BCUT2D eigenvalue weighted by Crippen LogP contribution is -2.18. The largest absolute Gasteiger partial charge is 0.365 e. The molecule has 1 aromatic heterocycles. The summed E-state index contributed by atoms with van der Waals surface area (Å²) in [5.74, 6) is -1.02. The van der Waals surface area contributed by atoms with Crippen LogP contribution in [-0.2, 0) is 11.2 Å². The van der Waals surface area contributed by atoms with Gasteiger partial charge in [-0.3, -0.25) is 19.7 Å². The van der Waals surface area contributed by atoms with E-state index in [1.54, 1.807) is 29.6 Å². The predicted molar refractivity (Wildman–Crippen MR) is 109 cm³/mol. The quantitative estimate of drug-likeness (QED) is 0.462. The fraction of sp³-hybridized carbons (Fsp3) is 0.0526. The van der Waals surface area contributed by atoms with E-state index in [0.29, 0.717) is 21.2 Å². The molecular weight excluding hydrogens is 402 g/mol. The highest BCUT2D eigenvalue weighted by Gasteiger charge is 2.20. The van der Waals surface area contributed by atoms with Crippen molar-refractivity contribution < 1.29 is 14.5 Å². The molecule has 0 aliphatic rings. The number of anilines is 1. The molecule has 0 saturated carbocycles. The number of hydrogen-bond acceptors (Lipinski definition) is 5. The van der Waals surface area contributed by atoms with Crippen LogP contribution in [0.2, 0.25) is 5.02 Å². The van der Waals surface area contributed by atoms with Gasteiger partial charge in [0.2, 0.25) is 5.91 Å². The molecule has 0 spiro atoms. The third-order valence-corrected chi connectivity index (χ3v) is 5.10. The Morgan fingerprint density at radius 3 is 2.32 bits per heavy atom. The first-order valence-corrected chi connectivity index (χ1v) is 9.31. The lowest BCUT2D eigenvalue weighted by Gasteiger charge is -2.07. The van der Waals surface area contributed by atoms with Gasteiger partial charge in [-0.05, 0) is 23.3 Å². The summed E-state index contributed by atoms with van der Waals surface area (Å²) in [6.45, 7) is 0. The monoisotopic (exact) mass is 415 g/mol. The Bertz CT molecular complexity index is 1050. The maximum absolute atomic E-state index is 12.4. The number of nitro benzene ring substituents is 1. The summed E-state index contributed by atoms with van der Waals surface area (Å²) >= 11 is 7.09. The van der Waals surface area contributed by atoms with Crippen molar-refractivity contribution in [2.75, 3.05) is 5.32 Å². The molecule has 0 bridgehead atoms. The van der Waals surface area contributed by atoms with E-state index in [0.717, 1.165) is 5.56 Å². The van der Waals surface area contributed by atoms with Crippen molar-refractivity contribution in [3.63, 3.8) is 0 Å². The van der Waals surface area contributed by atoms with E-state index in [1.165, 1.54) is 35.6 Å². The fourth-order valence-electron chi connectivity index (χ4n) is 2.63. The van der Waals surface area contributed by atoms with Gasteiger partial charge in [-0.1, -0.05) is 35.9 Å². The van der Waals surface area contributed by atoms with Crippen LogP contribution in [0.15, 0.2) is 53.9 Å². The Kier molecular flexibility index (Phi) is 5.72. The zero-order valence-corrected chi connectivity index (χ0v) is 15.9. The van der Waals surface area contributed by atoms with Gasteiger partial charge in [0.05, 0.1) is 16.9 Å². The standard InChI is InChI=1S/C19H14ClN3O4S/c20-13-5-3-12(4-6-13)15-10-28-19(17(15)18(21)25)22-16(24)9-11-1-7-14(8-2-11)23(26)27/h1-8,10H,9H2,(H2,21,25)(H,22,24). The minimum atomic E-state index is -0.656. The third-order valence-electron chi connectivity index (χ3n) is 3.96. The average molecular weight is 416 g/mol. The number of nitrogens with zero attached hydrogens (tertiary/aromatic N) is 1. The number of nitrogens with two attached hydrogens (primary N) is 1. The molecule has 0 fully saturated rings. The molecule has 28 heavy (non-hydrogen) atoms. The van der Waals surface area contributed by atoms with Gasteiger partial charge in [-0.25, -0.2) is 0 Å². The number of nitro groups is 1. The van der Waals surface area contributed by atoms with E-state index in [1.807, 2.05) is 0 Å². The molecule has 0 saturated heterocycles. The zero-order chi connectivity index (χ0) is 20.3. The van der Waals surface area contributed by atoms with E-state index < -0.39 is 10.8 Å². The van der Waals surface area contributed by atoms with Crippen molar-refractivity contribution in [2.24, 2.45) is 5.73 Å². The molecule has 3 rings (SSSR count). The van der Waals surface area contributed by atoms with Gasteiger partial charge in [0, 0.05) is 28.1 Å². The van der Waals surface area contributed by atoms with Crippen molar-refractivity contribution in [3.05, 3.63) is 80.2 Å². The fourth-order valence-corrected chi connectivity index (χ4v) is 3.74. The van der Waals surface area contributed by atoms with E-state index in [2.05, 4.69) is 5.32 Å². The summed E-state index contributed by atoms with van der Waals surface area (Å²) in [5.41, 5.74) is 7.68. The second-order valence-electron chi connectivity index (χ2n) is 5.87. The summed E-state index contributed by atoms with van der Waals surface area (Å²) < 4.78 is 0. The Labute approximate surface area is 168 Å². The number of hydrogen-bond donors (Lipinski definition) is 2. The van der Waals surface area contributed by atoms with Gasteiger partial charge in [0.15, 0.2) is 0 Å². The van der Waals surface area contributed by atoms with Crippen LogP contribution < -0.4 is 11.1 Å². The molecule has 142 valence electrons. The van der Waals surface area contributed by atoms with Crippen molar-refractivity contribution in [1.82, 2.24) is 0 Å². The highest BCUT2D eigenvalue weighted by molar-refractivity contribution is 7.15. The van der Waals surface area contributed by atoms with E-state index in [-0.39, 0.29) is 23.6 Å². The molecule has 3 aromatic rings. The minimum absolute atomic E-state index is 0.00434. The number of nitrogens with one attached hydrogen (secondary N) is 1. The smallest absolute Gasteiger partial charge is 0.269 e. The summed E-state index contributed by atoms with van der Waals surface area (Å²) in [7, 11) is 0. The number of halogens is 1. The van der Waals surface area contributed by atoms with Crippen molar-refractivity contribution in [2.45, 2.75) is 6.42 Å². The van der Waals surface area contributed by atoms with Crippen LogP contribution in [-0.4, -0.2) is 16.7 Å². The van der Waals surface area contributed by atoms with Gasteiger partial charge < -0.3 is 11.1 Å². The number of carbonyl (C=O) groups is 2. The van der Waals surface area contributed by atoms with Crippen LogP contribution in [0.5, 0.6) is 0 Å². The highest BCUT2D eigenvalue weighted by atomic mass is 35.5. The summed E-state index contributed by atoms with van der Waals surface area (Å²) in [5, 5.41) is 16.0. The molecular formula is C19H14ClN3O4S. The number of non-ortho nitro benzene ring substituents is 1. The SMILES string of the molecule is NC(=O)c1c(-c2ccc(Cl)cc2)csc1NC(=O)Cc1ccc([N+](=O)[O-])cc1. The van der Waals surface area contributed by atoms with E-state index >= 15 is 0 Å². The zero-order valence-electron chi connectivity index (χ0n) is 14.3. The topological polar surface area (TPSA) is 115 Å². The van der Waals surface area contributed by atoms with Crippen LogP contribution in [0.3, 0.4) is 0 Å². The first kappa shape index (κ1) is 19.5. The first-order valence-electron chi connectivity index (χ1n) is 8.05. The van der Waals surface area contributed by atoms with Crippen molar-refractivity contribution in [1.29, 1.82) is 0 Å². The number of amides is 2. The molecule has 0 unspecified atom stereocenters. The van der Waals surface area contributed by atoms with Crippen molar-refractivity contribution >= 4 is 45.4 Å².